The molecule has 5 heteroatoms. The van der Waals surface area contributed by atoms with Gasteiger partial charge in [-0.3, -0.25) is 4.79 Å². The lowest BCUT2D eigenvalue weighted by atomic mass is 9.78. The molecule has 3 unspecified atom stereocenters. The minimum atomic E-state index is -0.436. The van der Waals surface area contributed by atoms with E-state index in [1.807, 2.05) is 4.90 Å². The van der Waals surface area contributed by atoms with E-state index in [-0.39, 0.29) is 11.9 Å². The van der Waals surface area contributed by atoms with Crippen LogP contribution >= 0.6 is 0 Å². The van der Waals surface area contributed by atoms with Gasteiger partial charge in [-0.05, 0) is 30.7 Å². The average molecular weight is 262 g/mol. The smallest absolute Gasteiger partial charge is 0.335 e. The van der Waals surface area contributed by atoms with Crippen molar-refractivity contribution in [3.05, 3.63) is 34.4 Å². The number of hydrogen-bond donors (Lipinski definition) is 1. The third kappa shape index (κ3) is 2.30. The third-order valence-corrected chi connectivity index (χ3v) is 4.39. The van der Waals surface area contributed by atoms with Crippen LogP contribution in [0.1, 0.15) is 29.6 Å². The molecule has 1 saturated heterocycles. The Hall–Kier alpha value is -1.62. The summed E-state index contributed by atoms with van der Waals surface area (Å²) >= 11 is 0. The topological polar surface area (TPSA) is 76.5 Å². The van der Waals surface area contributed by atoms with Crippen molar-refractivity contribution in [3.8, 4) is 0 Å². The minimum Gasteiger partial charge on any atom is -0.430 e. The maximum Gasteiger partial charge on any atom is 0.335 e. The summed E-state index contributed by atoms with van der Waals surface area (Å²) < 4.78 is 4.75. The highest BCUT2D eigenvalue weighted by molar-refractivity contribution is 5.93. The van der Waals surface area contributed by atoms with Crippen molar-refractivity contribution >= 4 is 5.91 Å². The fourth-order valence-electron chi connectivity index (χ4n) is 3.34. The van der Waals surface area contributed by atoms with Crippen molar-refractivity contribution in [2.75, 3.05) is 13.1 Å². The van der Waals surface area contributed by atoms with Crippen molar-refractivity contribution < 1.29 is 9.21 Å². The second-order valence-corrected chi connectivity index (χ2v) is 5.57. The molecule has 2 N–H and O–H groups in total. The Balaban J connectivity index is 1.75. The van der Waals surface area contributed by atoms with Crippen LogP contribution in [0.15, 0.2) is 27.6 Å². The van der Waals surface area contributed by atoms with E-state index in [9.17, 15) is 9.59 Å². The molecule has 19 heavy (non-hydrogen) atoms. The van der Waals surface area contributed by atoms with Crippen LogP contribution in [0.3, 0.4) is 0 Å². The number of rotatable bonds is 1. The molecular weight excluding hydrogens is 244 g/mol. The standard InChI is InChI=1S/C14H18N2O3/c15-12-3-1-2-9-6-16(7-11(9)12)14(18)10-4-5-13(17)19-8-10/h4-5,8-9,11-12H,1-3,6-7,15H2. The van der Waals surface area contributed by atoms with Crippen molar-refractivity contribution in [2.45, 2.75) is 25.3 Å². The Kier molecular flexibility index (Phi) is 3.14. The predicted octanol–water partition coefficient (Wildman–Crippen LogP) is 0.839. The van der Waals surface area contributed by atoms with Crippen LogP contribution in [0.4, 0.5) is 0 Å². The number of amides is 1. The summed E-state index contributed by atoms with van der Waals surface area (Å²) in [7, 11) is 0. The molecule has 2 heterocycles. The maximum atomic E-state index is 12.3. The monoisotopic (exact) mass is 262 g/mol. The van der Waals surface area contributed by atoms with Crippen LogP contribution in [0, 0.1) is 11.8 Å². The molecule has 1 saturated carbocycles. The first-order valence-corrected chi connectivity index (χ1v) is 6.79. The van der Waals surface area contributed by atoms with Crippen LogP contribution in [-0.4, -0.2) is 29.9 Å². The van der Waals surface area contributed by atoms with Gasteiger partial charge in [-0.25, -0.2) is 4.79 Å². The highest BCUT2D eigenvalue weighted by Crippen LogP contribution is 2.35. The number of fused-ring (bicyclic) bond motifs is 1. The summed E-state index contributed by atoms with van der Waals surface area (Å²) in [4.78, 5) is 25.1. The van der Waals surface area contributed by atoms with E-state index in [1.165, 1.54) is 18.4 Å². The second kappa shape index (κ2) is 4.81. The lowest BCUT2D eigenvalue weighted by Crippen LogP contribution is -2.38. The Morgan fingerprint density at radius 3 is 2.84 bits per heavy atom. The molecule has 0 aromatic carbocycles. The van der Waals surface area contributed by atoms with Gasteiger partial charge in [0.2, 0.25) is 0 Å². The zero-order valence-electron chi connectivity index (χ0n) is 10.7. The maximum absolute atomic E-state index is 12.3. The first kappa shape index (κ1) is 12.4. The van der Waals surface area contributed by atoms with Gasteiger partial charge >= 0.3 is 5.63 Å². The number of carbonyl (C=O) groups is 1. The minimum absolute atomic E-state index is 0.0645. The molecule has 1 aromatic rings. The number of likely N-dealkylation sites (tertiary alicyclic amines) is 1. The van der Waals surface area contributed by atoms with Gasteiger partial charge in [0.25, 0.3) is 5.91 Å². The van der Waals surface area contributed by atoms with Gasteiger partial charge in [-0.1, -0.05) is 6.42 Å². The molecule has 0 radical (unpaired) electrons. The first-order valence-electron chi connectivity index (χ1n) is 6.79. The Labute approximate surface area is 111 Å². The van der Waals surface area contributed by atoms with E-state index in [1.54, 1.807) is 0 Å². The summed E-state index contributed by atoms with van der Waals surface area (Å²) in [5.41, 5.74) is 6.14. The third-order valence-electron chi connectivity index (χ3n) is 4.39. The highest BCUT2D eigenvalue weighted by Gasteiger charge is 2.40. The molecule has 0 spiro atoms. The molecule has 1 aliphatic carbocycles. The van der Waals surface area contributed by atoms with Gasteiger partial charge in [0, 0.05) is 25.2 Å². The summed E-state index contributed by atoms with van der Waals surface area (Å²) in [5.74, 6) is 0.891. The molecule has 2 aliphatic rings. The van der Waals surface area contributed by atoms with Crippen molar-refractivity contribution in [1.29, 1.82) is 0 Å². The predicted molar refractivity (Wildman–Crippen MR) is 69.7 cm³/mol. The number of carbonyl (C=O) groups excluding carboxylic acids is 1. The largest absolute Gasteiger partial charge is 0.430 e. The quantitative estimate of drug-likeness (QED) is 0.813. The SMILES string of the molecule is NC1CCCC2CN(C(=O)c3ccc(=O)oc3)CC12. The molecule has 2 fully saturated rings. The molecule has 5 nitrogen and oxygen atoms in total. The van der Waals surface area contributed by atoms with Gasteiger partial charge in [0.15, 0.2) is 0 Å². The molecule has 3 atom stereocenters. The van der Waals surface area contributed by atoms with Gasteiger partial charge < -0.3 is 15.1 Å². The lowest BCUT2D eigenvalue weighted by molar-refractivity contribution is 0.0780. The summed E-state index contributed by atoms with van der Waals surface area (Å²) in [6.07, 6.45) is 4.62. The van der Waals surface area contributed by atoms with E-state index in [2.05, 4.69) is 0 Å². The van der Waals surface area contributed by atoms with E-state index in [0.29, 0.717) is 17.4 Å². The van der Waals surface area contributed by atoms with E-state index in [0.717, 1.165) is 32.4 Å². The first-order chi connectivity index (χ1) is 9.15. The van der Waals surface area contributed by atoms with Crippen LogP contribution < -0.4 is 11.4 Å². The molecule has 1 amide bonds. The molecule has 1 aromatic heterocycles. The number of hydrogen-bond acceptors (Lipinski definition) is 4. The van der Waals surface area contributed by atoms with Crippen molar-refractivity contribution in [3.63, 3.8) is 0 Å². The average Bonchev–Trinajstić information content (AvgIpc) is 2.84. The van der Waals surface area contributed by atoms with Gasteiger partial charge in [0.1, 0.15) is 6.26 Å². The van der Waals surface area contributed by atoms with Gasteiger partial charge in [-0.2, -0.15) is 0 Å². The van der Waals surface area contributed by atoms with Gasteiger partial charge in [0.05, 0.1) is 5.56 Å². The second-order valence-electron chi connectivity index (χ2n) is 5.57. The zero-order chi connectivity index (χ0) is 13.4. The van der Waals surface area contributed by atoms with Crippen LogP contribution in [0.5, 0.6) is 0 Å². The summed E-state index contributed by atoms with van der Waals surface area (Å²) in [6, 6.07) is 3.02. The van der Waals surface area contributed by atoms with E-state index in [4.69, 9.17) is 10.2 Å². The Morgan fingerprint density at radius 1 is 1.32 bits per heavy atom. The van der Waals surface area contributed by atoms with Crippen LogP contribution in [-0.2, 0) is 0 Å². The van der Waals surface area contributed by atoms with Gasteiger partial charge in [-0.15, -0.1) is 0 Å². The van der Waals surface area contributed by atoms with Crippen molar-refractivity contribution in [2.24, 2.45) is 17.6 Å². The zero-order valence-corrected chi connectivity index (χ0v) is 10.7. The Morgan fingerprint density at radius 2 is 2.16 bits per heavy atom. The summed E-state index contributed by atoms with van der Waals surface area (Å²) in [5, 5.41) is 0. The molecule has 1 aliphatic heterocycles. The molecular formula is C14H18N2O3. The molecule has 0 bridgehead atoms. The number of nitrogens with two attached hydrogens (primary N) is 1. The fourth-order valence-corrected chi connectivity index (χ4v) is 3.34. The van der Waals surface area contributed by atoms with Crippen LogP contribution in [0.2, 0.25) is 0 Å². The fraction of sp³-hybridized carbons (Fsp3) is 0.571. The van der Waals surface area contributed by atoms with Crippen molar-refractivity contribution in [1.82, 2.24) is 4.90 Å². The molecule has 102 valence electrons. The van der Waals surface area contributed by atoms with Crippen LogP contribution in [0.25, 0.3) is 0 Å². The summed E-state index contributed by atoms with van der Waals surface area (Å²) in [6.45, 7) is 1.50. The van der Waals surface area contributed by atoms with E-state index < -0.39 is 5.63 Å². The number of nitrogens with zero attached hydrogens (tertiary/aromatic N) is 1. The Bertz CT molecular complexity index is 519. The molecule has 3 rings (SSSR count). The highest BCUT2D eigenvalue weighted by atomic mass is 16.4. The normalized spacial score (nSPS) is 30.2. The lowest BCUT2D eigenvalue weighted by Gasteiger charge is -2.29. The van der Waals surface area contributed by atoms with E-state index >= 15 is 0 Å².